The fourth-order valence-electron chi connectivity index (χ4n) is 2.21. The molecule has 88 valence electrons. The number of likely N-dealkylation sites (tertiary alicyclic amines) is 1. The van der Waals surface area contributed by atoms with E-state index in [2.05, 4.69) is 25.7 Å². The van der Waals surface area contributed by atoms with Gasteiger partial charge in [0.2, 0.25) is 0 Å². The summed E-state index contributed by atoms with van der Waals surface area (Å²) >= 11 is 0. The van der Waals surface area contributed by atoms with Crippen LogP contribution >= 0.6 is 0 Å². The van der Waals surface area contributed by atoms with Gasteiger partial charge in [-0.25, -0.2) is 0 Å². The lowest BCUT2D eigenvalue weighted by Gasteiger charge is -2.38. The van der Waals surface area contributed by atoms with Crippen LogP contribution in [0.4, 0.5) is 0 Å². The van der Waals surface area contributed by atoms with Gasteiger partial charge in [-0.15, -0.1) is 0 Å². The molecule has 0 unspecified atom stereocenters. The van der Waals surface area contributed by atoms with Crippen LogP contribution in [0.3, 0.4) is 0 Å². The zero-order valence-corrected chi connectivity index (χ0v) is 10.5. The second-order valence-electron chi connectivity index (χ2n) is 5.23. The van der Waals surface area contributed by atoms with Crippen LogP contribution in [0, 0.1) is 5.41 Å². The zero-order chi connectivity index (χ0) is 11.3. The minimum absolute atomic E-state index is 0.414. The summed E-state index contributed by atoms with van der Waals surface area (Å²) < 4.78 is 0. The number of piperidine rings is 1. The van der Waals surface area contributed by atoms with E-state index in [1.165, 1.54) is 19.3 Å². The Morgan fingerprint density at radius 1 is 1.27 bits per heavy atom. The third kappa shape index (κ3) is 3.94. The highest BCUT2D eigenvalue weighted by Gasteiger charge is 2.28. The van der Waals surface area contributed by atoms with Gasteiger partial charge in [0.25, 0.3) is 0 Å². The van der Waals surface area contributed by atoms with Gasteiger partial charge in [-0.2, -0.15) is 0 Å². The van der Waals surface area contributed by atoms with E-state index in [-0.39, 0.29) is 0 Å². The third-order valence-corrected chi connectivity index (χ3v) is 3.85. The van der Waals surface area contributed by atoms with Crippen LogP contribution in [0.25, 0.3) is 0 Å². The van der Waals surface area contributed by atoms with E-state index < -0.39 is 0 Å². The number of rotatable bonds is 5. The van der Waals surface area contributed by atoms with Gasteiger partial charge in [0.1, 0.15) is 5.78 Å². The van der Waals surface area contributed by atoms with Crippen molar-refractivity contribution in [3.05, 3.63) is 0 Å². The summed E-state index contributed by atoms with van der Waals surface area (Å²) in [4.78, 5) is 13.8. The molecular formula is C13H25NO. The summed E-state index contributed by atoms with van der Waals surface area (Å²) in [5, 5.41) is 0. The highest BCUT2D eigenvalue weighted by molar-refractivity contribution is 5.80. The first-order valence-electron chi connectivity index (χ1n) is 6.33. The number of carbonyl (C=O) groups excluding carboxylic acids is 1. The average molecular weight is 211 g/mol. The highest BCUT2D eigenvalue weighted by Crippen LogP contribution is 2.33. The maximum Gasteiger partial charge on any atom is 0.146 e. The lowest BCUT2D eigenvalue weighted by Crippen LogP contribution is -2.40. The molecule has 0 radical (unpaired) electrons. The van der Waals surface area contributed by atoms with E-state index in [0.29, 0.717) is 17.7 Å². The molecule has 1 fully saturated rings. The SMILES string of the molecule is CCCC(=O)CN1CCC(C)(CC)CC1. The molecule has 0 amide bonds. The molecule has 0 aromatic carbocycles. The van der Waals surface area contributed by atoms with Gasteiger partial charge in [0, 0.05) is 6.42 Å². The first-order valence-corrected chi connectivity index (χ1v) is 6.33. The molecule has 1 aliphatic rings. The van der Waals surface area contributed by atoms with Gasteiger partial charge in [-0.1, -0.05) is 27.2 Å². The van der Waals surface area contributed by atoms with Gasteiger partial charge in [0.15, 0.2) is 0 Å². The Bertz CT molecular complexity index is 205. The summed E-state index contributed by atoms with van der Waals surface area (Å²) in [7, 11) is 0. The molecule has 1 heterocycles. The van der Waals surface area contributed by atoms with Crippen LogP contribution in [-0.4, -0.2) is 30.3 Å². The normalized spacial score (nSPS) is 21.5. The number of nitrogens with zero attached hydrogens (tertiary/aromatic N) is 1. The Labute approximate surface area is 94.0 Å². The van der Waals surface area contributed by atoms with E-state index in [1.807, 2.05) is 0 Å². The van der Waals surface area contributed by atoms with Crippen molar-refractivity contribution in [1.29, 1.82) is 0 Å². The fourth-order valence-corrected chi connectivity index (χ4v) is 2.21. The molecule has 0 aromatic heterocycles. The summed E-state index contributed by atoms with van der Waals surface area (Å²) in [6.45, 7) is 9.63. The van der Waals surface area contributed by atoms with Gasteiger partial charge >= 0.3 is 0 Å². The summed E-state index contributed by atoms with van der Waals surface area (Å²) in [6.07, 6.45) is 5.51. The molecule has 0 spiro atoms. The monoisotopic (exact) mass is 211 g/mol. The topological polar surface area (TPSA) is 20.3 Å². The van der Waals surface area contributed by atoms with Gasteiger partial charge in [-0.3, -0.25) is 9.69 Å². The molecule has 2 nitrogen and oxygen atoms in total. The van der Waals surface area contributed by atoms with E-state index >= 15 is 0 Å². The standard InChI is InChI=1S/C13H25NO/c1-4-6-12(15)11-14-9-7-13(3,5-2)8-10-14/h4-11H2,1-3H3. The Hall–Kier alpha value is -0.370. The zero-order valence-electron chi connectivity index (χ0n) is 10.5. The Morgan fingerprint density at radius 3 is 2.33 bits per heavy atom. The van der Waals surface area contributed by atoms with Crippen LogP contribution in [0.5, 0.6) is 0 Å². The molecule has 15 heavy (non-hydrogen) atoms. The number of hydrogen-bond donors (Lipinski definition) is 0. The van der Waals surface area contributed by atoms with E-state index in [4.69, 9.17) is 0 Å². The molecule has 0 aliphatic carbocycles. The fraction of sp³-hybridized carbons (Fsp3) is 0.923. The van der Waals surface area contributed by atoms with Crippen LogP contribution < -0.4 is 0 Å². The van der Waals surface area contributed by atoms with Crippen molar-refractivity contribution >= 4 is 5.78 Å². The van der Waals surface area contributed by atoms with Gasteiger partial charge in [-0.05, 0) is 37.8 Å². The minimum atomic E-state index is 0.414. The van der Waals surface area contributed by atoms with Crippen LogP contribution in [0.15, 0.2) is 0 Å². The van der Waals surface area contributed by atoms with Crippen molar-refractivity contribution in [2.75, 3.05) is 19.6 Å². The predicted molar refractivity (Wildman–Crippen MR) is 64.0 cm³/mol. The third-order valence-electron chi connectivity index (χ3n) is 3.85. The predicted octanol–water partition coefficient (Wildman–Crippen LogP) is 2.87. The molecule has 1 saturated heterocycles. The lowest BCUT2D eigenvalue weighted by atomic mass is 9.78. The van der Waals surface area contributed by atoms with E-state index in [9.17, 15) is 4.79 Å². The summed E-state index contributed by atoms with van der Waals surface area (Å²) in [5.41, 5.74) is 0.532. The molecule has 0 N–H and O–H groups in total. The number of ketones is 1. The Balaban J connectivity index is 2.28. The van der Waals surface area contributed by atoms with E-state index in [0.717, 1.165) is 25.9 Å². The Kier molecular flexibility index (Phi) is 4.78. The van der Waals surface area contributed by atoms with Crippen LogP contribution in [0.1, 0.15) is 52.9 Å². The van der Waals surface area contributed by atoms with Crippen LogP contribution in [0.2, 0.25) is 0 Å². The number of carbonyl (C=O) groups is 1. The first kappa shape index (κ1) is 12.7. The van der Waals surface area contributed by atoms with Crippen molar-refractivity contribution in [1.82, 2.24) is 4.90 Å². The van der Waals surface area contributed by atoms with Crippen molar-refractivity contribution in [3.63, 3.8) is 0 Å². The van der Waals surface area contributed by atoms with Gasteiger partial charge < -0.3 is 0 Å². The maximum absolute atomic E-state index is 11.5. The van der Waals surface area contributed by atoms with E-state index in [1.54, 1.807) is 0 Å². The molecule has 0 atom stereocenters. The highest BCUT2D eigenvalue weighted by atomic mass is 16.1. The Morgan fingerprint density at radius 2 is 1.87 bits per heavy atom. The molecule has 1 aliphatic heterocycles. The quantitative estimate of drug-likeness (QED) is 0.697. The van der Waals surface area contributed by atoms with Crippen molar-refractivity contribution in [2.24, 2.45) is 5.41 Å². The molecule has 0 saturated carbocycles. The lowest BCUT2D eigenvalue weighted by molar-refractivity contribution is -0.120. The van der Waals surface area contributed by atoms with Crippen molar-refractivity contribution in [3.8, 4) is 0 Å². The maximum atomic E-state index is 11.5. The molecule has 2 heteroatoms. The van der Waals surface area contributed by atoms with Gasteiger partial charge in [0.05, 0.1) is 6.54 Å². The molecule has 0 aromatic rings. The smallest absolute Gasteiger partial charge is 0.146 e. The summed E-state index contributed by atoms with van der Waals surface area (Å²) in [6, 6.07) is 0. The largest absolute Gasteiger partial charge is 0.298 e. The second-order valence-corrected chi connectivity index (χ2v) is 5.23. The first-order chi connectivity index (χ1) is 7.09. The molecule has 0 bridgehead atoms. The minimum Gasteiger partial charge on any atom is -0.298 e. The van der Waals surface area contributed by atoms with Crippen LogP contribution in [-0.2, 0) is 4.79 Å². The summed E-state index contributed by atoms with van der Waals surface area (Å²) in [5.74, 6) is 0.414. The second kappa shape index (κ2) is 5.64. The number of Topliss-reactive ketones (excluding diaryl/α,β-unsaturated/α-hetero) is 1. The molecular weight excluding hydrogens is 186 g/mol. The number of hydrogen-bond acceptors (Lipinski definition) is 2. The van der Waals surface area contributed by atoms with Crippen molar-refractivity contribution in [2.45, 2.75) is 52.9 Å². The molecule has 1 rings (SSSR count). The average Bonchev–Trinajstić information content (AvgIpc) is 2.22. The van der Waals surface area contributed by atoms with Crippen molar-refractivity contribution < 1.29 is 4.79 Å².